The van der Waals surface area contributed by atoms with Gasteiger partial charge in [-0.25, -0.2) is 0 Å². The molecule has 0 aromatic heterocycles. The van der Waals surface area contributed by atoms with E-state index in [1.165, 1.54) is 47.3 Å². The summed E-state index contributed by atoms with van der Waals surface area (Å²) in [4.78, 5) is 4.29. The molecule has 0 aliphatic carbocycles. The summed E-state index contributed by atoms with van der Waals surface area (Å²) < 4.78 is 1.25. The minimum Gasteiger partial charge on any atom is -0.349 e. The highest BCUT2D eigenvalue weighted by molar-refractivity contribution is 8.89. The molecule has 4 nitrogen and oxygen atoms in total. The van der Waals surface area contributed by atoms with Gasteiger partial charge in [-0.05, 0) is 71.7 Å². The summed E-state index contributed by atoms with van der Waals surface area (Å²) in [5, 5.41) is 7.59. The molecule has 0 unspecified atom stereocenters. The largest absolute Gasteiger partial charge is 0.349 e. The molecular formula is C12H18N4S6. The zero-order chi connectivity index (χ0) is 15.9. The average molecular weight is 411 g/mol. The molecule has 2 fully saturated rings. The van der Waals surface area contributed by atoms with Crippen LogP contribution in [0.3, 0.4) is 0 Å². The fraction of sp³-hybridized carbons (Fsp3) is 0.667. The predicted molar refractivity (Wildman–Crippen MR) is 113 cm³/mol. The second-order valence-corrected chi connectivity index (χ2v) is 9.25. The minimum atomic E-state index is 0.623. The molecule has 2 aliphatic heterocycles. The number of nitrogens with zero attached hydrogens (tertiary/aromatic N) is 2. The van der Waals surface area contributed by atoms with E-state index in [1.807, 2.05) is 0 Å². The molecular weight excluding hydrogens is 393 g/mol. The van der Waals surface area contributed by atoms with Gasteiger partial charge in [0.05, 0.1) is 0 Å². The first-order chi connectivity index (χ1) is 10.6. The Morgan fingerprint density at radius 3 is 1.27 bits per heavy atom. The van der Waals surface area contributed by atoms with E-state index in [1.54, 1.807) is 0 Å². The van der Waals surface area contributed by atoms with Crippen LogP contribution in [-0.4, -0.2) is 54.8 Å². The number of rotatable bonds is 0. The molecule has 10 heteroatoms. The first-order valence-electron chi connectivity index (χ1n) is 7.10. The molecule has 0 spiro atoms. The smallest absolute Gasteiger partial charge is 0.174 e. The van der Waals surface area contributed by atoms with Crippen LogP contribution >= 0.6 is 70.5 Å². The molecule has 0 amide bonds. The van der Waals surface area contributed by atoms with E-state index in [-0.39, 0.29) is 0 Å². The van der Waals surface area contributed by atoms with Gasteiger partial charge in [0.15, 0.2) is 18.9 Å². The summed E-state index contributed by atoms with van der Waals surface area (Å²) in [6.07, 6.45) is 4.77. The van der Waals surface area contributed by atoms with Crippen molar-refractivity contribution >= 4 is 89.3 Å². The van der Waals surface area contributed by atoms with Gasteiger partial charge < -0.3 is 20.4 Å². The van der Waals surface area contributed by atoms with Crippen LogP contribution in [0.25, 0.3) is 0 Å². The van der Waals surface area contributed by atoms with E-state index in [0.717, 1.165) is 26.2 Å². The molecule has 0 aromatic carbocycles. The lowest BCUT2D eigenvalue weighted by molar-refractivity contribution is 0.518. The summed E-state index contributed by atoms with van der Waals surface area (Å²) in [5.41, 5.74) is 0. The van der Waals surface area contributed by atoms with Gasteiger partial charge in [-0.3, -0.25) is 0 Å². The molecule has 0 saturated carbocycles. The second-order valence-electron chi connectivity index (χ2n) is 4.99. The van der Waals surface area contributed by atoms with Crippen LogP contribution in [0.2, 0.25) is 0 Å². The highest BCUT2D eigenvalue weighted by Gasteiger charge is 2.17. The van der Waals surface area contributed by atoms with Gasteiger partial charge in [0.25, 0.3) is 0 Å². The lowest BCUT2D eigenvalue weighted by Crippen LogP contribution is -2.40. The van der Waals surface area contributed by atoms with Crippen LogP contribution in [0.4, 0.5) is 0 Å². The molecule has 2 saturated heterocycles. The predicted octanol–water partition coefficient (Wildman–Crippen LogP) is 2.88. The van der Waals surface area contributed by atoms with Crippen LogP contribution in [0.1, 0.15) is 25.7 Å². The van der Waals surface area contributed by atoms with Crippen molar-refractivity contribution in [2.24, 2.45) is 0 Å². The maximum atomic E-state index is 5.34. The van der Waals surface area contributed by atoms with Crippen molar-refractivity contribution in [2.75, 3.05) is 26.2 Å². The number of nitrogens with one attached hydrogen (secondary N) is 2. The van der Waals surface area contributed by atoms with E-state index in [4.69, 9.17) is 48.9 Å². The lowest BCUT2D eigenvalue weighted by Gasteiger charge is -2.20. The fourth-order valence-corrected chi connectivity index (χ4v) is 5.06. The molecule has 0 bridgehead atoms. The number of hydrogen-bond donors (Lipinski definition) is 2. The zero-order valence-electron chi connectivity index (χ0n) is 12.0. The summed E-state index contributed by atoms with van der Waals surface area (Å²) in [6, 6.07) is 0. The van der Waals surface area contributed by atoms with Crippen LogP contribution in [0.15, 0.2) is 0 Å². The van der Waals surface area contributed by atoms with Gasteiger partial charge >= 0.3 is 0 Å². The van der Waals surface area contributed by atoms with Gasteiger partial charge in [0, 0.05) is 26.2 Å². The number of likely N-dealkylation sites (tertiary alicyclic amines) is 2. The minimum absolute atomic E-state index is 0.623. The van der Waals surface area contributed by atoms with Crippen LogP contribution < -0.4 is 10.6 Å². The third-order valence-corrected chi connectivity index (χ3v) is 7.30. The Kier molecular flexibility index (Phi) is 8.06. The zero-order valence-corrected chi connectivity index (χ0v) is 16.9. The first kappa shape index (κ1) is 18.6. The van der Waals surface area contributed by atoms with E-state index in [0.29, 0.717) is 18.9 Å². The van der Waals surface area contributed by atoms with Gasteiger partial charge in [0.1, 0.15) is 0 Å². The Bertz CT molecular complexity index is 415. The third-order valence-electron chi connectivity index (χ3n) is 3.40. The fourth-order valence-electron chi connectivity index (χ4n) is 2.29. The van der Waals surface area contributed by atoms with Crippen molar-refractivity contribution in [2.45, 2.75) is 25.7 Å². The van der Waals surface area contributed by atoms with E-state index >= 15 is 0 Å². The average Bonchev–Trinajstić information content (AvgIpc) is 3.17. The summed E-state index contributed by atoms with van der Waals surface area (Å²) in [7, 11) is 2.79. The Morgan fingerprint density at radius 1 is 0.636 bits per heavy atom. The van der Waals surface area contributed by atoms with Crippen molar-refractivity contribution in [1.29, 1.82) is 0 Å². The van der Waals surface area contributed by atoms with E-state index in [2.05, 4.69) is 20.4 Å². The summed E-state index contributed by atoms with van der Waals surface area (Å²) in [6.45, 7) is 4.04. The van der Waals surface area contributed by atoms with Crippen molar-refractivity contribution in [3.63, 3.8) is 0 Å². The van der Waals surface area contributed by atoms with Gasteiger partial charge in [-0.2, -0.15) is 0 Å². The van der Waals surface area contributed by atoms with Gasteiger partial charge in [-0.1, -0.05) is 24.4 Å². The molecule has 0 aromatic rings. The Labute approximate surface area is 160 Å². The standard InChI is InChI=1S/C12H18N4S6/c17-9(15-5-1-2-6-15)13-11(19)21-22-12(20)14-10(18)16-7-3-4-8-16/h1-8H2,(H,13,17,19)(H,14,18,20). The Hall–Kier alpha value is 0.260. The van der Waals surface area contributed by atoms with Crippen molar-refractivity contribution < 1.29 is 0 Å². The maximum absolute atomic E-state index is 5.34. The number of thiocarbonyl (C=S) groups is 4. The lowest BCUT2D eigenvalue weighted by atomic mass is 10.4. The highest BCUT2D eigenvalue weighted by atomic mass is 33.1. The monoisotopic (exact) mass is 410 g/mol. The van der Waals surface area contributed by atoms with E-state index < -0.39 is 0 Å². The molecule has 2 rings (SSSR count). The normalized spacial score (nSPS) is 17.5. The van der Waals surface area contributed by atoms with Gasteiger partial charge in [0.2, 0.25) is 0 Å². The molecule has 0 radical (unpaired) electrons. The van der Waals surface area contributed by atoms with Gasteiger partial charge in [-0.15, -0.1) is 0 Å². The molecule has 22 heavy (non-hydrogen) atoms. The number of hydrogen-bond acceptors (Lipinski definition) is 6. The molecule has 122 valence electrons. The molecule has 2 N–H and O–H groups in total. The molecule has 2 aliphatic rings. The molecule has 0 atom stereocenters. The molecule has 2 heterocycles. The van der Waals surface area contributed by atoms with Crippen LogP contribution in [0, 0.1) is 0 Å². The second kappa shape index (κ2) is 9.53. The first-order valence-corrected chi connectivity index (χ1v) is 10.9. The van der Waals surface area contributed by atoms with Crippen LogP contribution in [-0.2, 0) is 0 Å². The van der Waals surface area contributed by atoms with Crippen molar-refractivity contribution in [3.8, 4) is 0 Å². The van der Waals surface area contributed by atoms with Crippen LogP contribution in [0.5, 0.6) is 0 Å². The maximum Gasteiger partial charge on any atom is 0.174 e. The quantitative estimate of drug-likeness (QED) is 0.459. The van der Waals surface area contributed by atoms with E-state index in [9.17, 15) is 0 Å². The third kappa shape index (κ3) is 6.04. The topological polar surface area (TPSA) is 30.5 Å². The van der Waals surface area contributed by atoms with Crippen molar-refractivity contribution in [3.05, 3.63) is 0 Å². The van der Waals surface area contributed by atoms with Crippen molar-refractivity contribution in [1.82, 2.24) is 20.4 Å². The Morgan fingerprint density at radius 2 is 0.955 bits per heavy atom. The summed E-state index contributed by atoms with van der Waals surface area (Å²) in [5.74, 6) is 0. The Balaban J connectivity index is 1.63. The highest BCUT2D eigenvalue weighted by Crippen LogP contribution is 2.23. The SMILES string of the molecule is S=C(NC(=S)N1CCCC1)SSC(=S)NC(=S)N1CCCC1. The summed E-state index contributed by atoms with van der Waals surface area (Å²) >= 11 is 21.3.